The van der Waals surface area contributed by atoms with Crippen LogP contribution in [0, 0.1) is 28.6 Å². The first-order chi connectivity index (χ1) is 14.6. The molecule has 4 fully saturated rings. The number of carbonyl (C=O) groups excluding carboxylic acids is 3. The molecule has 4 rings (SSSR count). The molecular formula is C25H38O6. The van der Waals surface area contributed by atoms with Gasteiger partial charge in [0.05, 0.1) is 13.2 Å². The van der Waals surface area contributed by atoms with Crippen LogP contribution in [0.25, 0.3) is 0 Å². The van der Waals surface area contributed by atoms with Crippen LogP contribution in [0.2, 0.25) is 0 Å². The molecule has 0 amide bonds. The second-order valence-electron chi connectivity index (χ2n) is 10.8. The van der Waals surface area contributed by atoms with Gasteiger partial charge in [-0.15, -0.1) is 0 Å². The number of hydrogen-bond acceptors (Lipinski definition) is 6. The van der Waals surface area contributed by atoms with Crippen molar-refractivity contribution in [2.45, 2.75) is 103 Å². The smallest absolute Gasteiger partial charge is 0.305 e. The van der Waals surface area contributed by atoms with Crippen LogP contribution < -0.4 is 0 Å². The first-order valence-corrected chi connectivity index (χ1v) is 12.1. The molecule has 3 saturated carbocycles. The van der Waals surface area contributed by atoms with Crippen LogP contribution in [0.5, 0.6) is 0 Å². The molecule has 6 heteroatoms. The van der Waals surface area contributed by atoms with E-state index >= 15 is 0 Å². The highest BCUT2D eigenvalue weighted by atomic mass is 16.6. The highest BCUT2D eigenvalue weighted by Gasteiger charge is 2.77. The van der Waals surface area contributed by atoms with Gasteiger partial charge in [-0.1, -0.05) is 20.8 Å². The Balaban J connectivity index is 1.65. The van der Waals surface area contributed by atoms with E-state index in [0.29, 0.717) is 37.0 Å². The Kier molecular flexibility index (Phi) is 5.77. The molecule has 8 atom stereocenters. The van der Waals surface area contributed by atoms with Gasteiger partial charge in [-0.25, -0.2) is 0 Å². The minimum Gasteiger partial charge on any atom is -0.469 e. The third-order valence-electron chi connectivity index (χ3n) is 9.50. The fourth-order valence-corrected chi connectivity index (χ4v) is 7.99. The topological polar surface area (TPSA) is 82.2 Å². The van der Waals surface area contributed by atoms with Gasteiger partial charge in [0.1, 0.15) is 6.10 Å². The first-order valence-electron chi connectivity index (χ1n) is 12.1. The van der Waals surface area contributed by atoms with Gasteiger partial charge in [0.2, 0.25) is 0 Å². The monoisotopic (exact) mass is 434 g/mol. The molecular weight excluding hydrogens is 396 g/mol. The van der Waals surface area contributed by atoms with Crippen molar-refractivity contribution in [1.82, 2.24) is 0 Å². The van der Waals surface area contributed by atoms with Crippen molar-refractivity contribution in [1.29, 1.82) is 0 Å². The van der Waals surface area contributed by atoms with Gasteiger partial charge < -0.3 is 14.2 Å². The van der Waals surface area contributed by atoms with E-state index in [2.05, 4.69) is 13.8 Å². The molecule has 1 aliphatic heterocycles. The van der Waals surface area contributed by atoms with Gasteiger partial charge in [0.25, 0.3) is 0 Å². The van der Waals surface area contributed by atoms with E-state index in [1.807, 2.05) is 6.92 Å². The molecule has 0 spiro atoms. The van der Waals surface area contributed by atoms with E-state index in [4.69, 9.17) is 14.2 Å². The zero-order valence-corrected chi connectivity index (χ0v) is 19.7. The number of ketones is 1. The van der Waals surface area contributed by atoms with Gasteiger partial charge in [0, 0.05) is 30.6 Å². The van der Waals surface area contributed by atoms with Crippen LogP contribution in [0.15, 0.2) is 0 Å². The first kappa shape index (κ1) is 22.8. The Morgan fingerprint density at radius 1 is 1.06 bits per heavy atom. The lowest BCUT2D eigenvalue weighted by Crippen LogP contribution is -2.59. The lowest BCUT2D eigenvalue weighted by Gasteiger charge is -2.57. The summed E-state index contributed by atoms with van der Waals surface area (Å²) in [5, 5.41) is 0. The number of hydrogen-bond donors (Lipinski definition) is 0. The van der Waals surface area contributed by atoms with Crippen molar-refractivity contribution >= 4 is 17.7 Å². The van der Waals surface area contributed by atoms with E-state index in [1.165, 1.54) is 14.0 Å². The summed E-state index contributed by atoms with van der Waals surface area (Å²) < 4.78 is 17.0. The molecule has 3 aliphatic carbocycles. The number of epoxide rings is 1. The van der Waals surface area contributed by atoms with Crippen LogP contribution in [0.4, 0.5) is 0 Å². The zero-order chi connectivity index (χ0) is 22.6. The molecule has 8 unspecified atom stereocenters. The lowest BCUT2D eigenvalue weighted by molar-refractivity contribution is -0.160. The quantitative estimate of drug-likeness (QED) is 0.440. The number of carbonyl (C=O) groups is 3. The molecule has 0 radical (unpaired) electrons. The number of fused-ring (bicyclic) bond motifs is 4. The largest absolute Gasteiger partial charge is 0.469 e. The molecule has 1 heterocycles. The van der Waals surface area contributed by atoms with Crippen molar-refractivity contribution in [3.05, 3.63) is 0 Å². The van der Waals surface area contributed by atoms with Crippen molar-refractivity contribution in [3.8, 4) is 0 Å². The second kappa shape index (κ2) is 7.86. The summed E-state index contributed by atoms with van der Waals surface area (Å²) in [5.41, 5.74) is -1.12. The summed E-state index contributed by atoms with van der Waals surface area (Å²) in [5.74, 6) is 0.994. The molecule has 0 aromatic heterocycles. The lowest BCUT2D eigenvalue weighted by atomic mass is 9.46. The van der Waals surface area contributed by atoms with Gasteiger partial charge in [0.15, 0.2) is 11.4 Å². The summed E-state index contributed by atoms with van der Waals surface area (Å²) in [7, 11) is 1.42. The van der Waals surface area contributed by atoms with Crippen LogP contribution in [-0.4, -0.2) is 42.6 Å². The maximum atomic E-state index is 13.3. The predicted molar refractivity (Wildman–Crippen MR) is 114 cm³/mol. The average Bonchev–Trinajstić information content (AvgIpc) is 3.38. The fourth-order valence-electron chi connectivity index (χ4n) is 7.99. The van der Waals surface area contributed by atoms with Gasteiger partial charge in [-0.2, -0.15) is 0 Å². The molecule has 0 aromatic rings. The Labute approximate surface area is 185 Å². The van der Waals surface area contributed by atoms with Gasteiger partial charge in [-0.05, 0) is 62.7 Å². The Morgan fingerprint density at radius 3 is 2.45 bits per heavy atom. The Hall–Kier alpha value is -1.43. The van der Waals surface area contributed by atoms with Gasteiger partial charge >= 0.3 is 11.9 Å². The van der Waals surface area contributed by atoms with E-state index in [-0.39, 0.29) is 40.8 Å². The zero-order valence-electron chi connectivity index (χ0n) is 19.7. The number of esters is 2. The summed E-state index contributed by atoms with van der Waals surface area (Å²) >= 11 is 0. The third kappa shape index (κ3) is 3.27. The summed E-state index contributed by atoms with van der Waals surface area (Å²) in [6.07, 6.45) is 7.00. The number of Topliss-reactive ketones (excluding diaryl/α,β-unsaturated/α-hetero) is 1. The average molecular weight is 435 g/mol. The molecule has 174 valence electrons. The molecule has 0 aromatic carbocycles. The maximum absolute atomic E-state index is 13.3. The molecule has 0 N–H and O–H groups in total. The number of methoxy groups -OCH3 is 1. The third-order valence-corrected chi connectivity index (χ3v) is 9.50. The number of ether oxygens (including phenoxy) is 3. The SMILES string of the molecule is CCCC(=O)C12OC1CC1C3CCC(OC(C)=O)C3(C)CCC1C2(C)CCC(=O)OC. The summed E-state index contributed by atoms with van der Waals surface area (Å²) in [6, 6.07) is 0. The summed E-state index contributed by atoms with van der Waals surface area (Å²) in [4.78, 5) is 37.1. The van der Waals surface area contributed by atoms with Crippen molar-refractivity contribution < 1.29 is 28.6 Å². The highest BCUT2D eigenvalue weighted by Crippen LogP contribution is 2.71. The standard InChI is InChI=1S/C25H38O6/c1-6-7-19(27)25-21(31-25)14-16-17-8-9-20(30-15(2)26)23(17,3)12-10-18(16)24(25,4)13-11-22(28)29-5/h16-18,20-21H,6-14H2,1-5H3. The molecule has 4 aliphatic rings. The van der Waals surface area contributed by atoms with Gasteiger partial charge in [-0.3, -0.25) is 14.4 Å². The molecule has 6 nitrogen and oxygen atoms in total. The highest BCUT2D eigenvalue weighted by molar-refractivity contribution is 5.92. The van der Waals surface area contributed by atoms with Crippen LogP contribution >= 0.6 is 0 Å². The molecule has 31 heavy (non-hydrogen) atoms. The minimum atomic E-state index is -0.736. The van der Waals surface area contributed by atoms with E-state index in [0.717, 1.165) is 38.5 Å². The van der Waals surface area contributed by atoms with Crippen LogP contribution in [-0.2, 0) is 28.6 Å². The van der Waals surface area contributed by atoms with Crippen molar-refractivity contribution in [3.63, 3.8) is 0 Å². The predicted octanol–water partition coefficient (Wildman–Crippen LogP) is 4.23. The van der Waals surface area contributed by atoms with E-state index < -0.39 is 5.60 Å². The fraction of sp³-hybridized carbons (Fsp3) is 0.880. The van der Waals surface area contributed by atoms with E-state index in [9.17, 15) is 14.4 Å². The molecule has 0 bridgehead atoms. The van der Waals surface area contributed by atoms with Crippen molar-refractivity contribution in [2.24, 2.45) is 28.6 Å². The van der Waals surface area contributed by atoms with Crippen molar-refractivity contribution in [2.75, 3.05) is 7.11 Å². The number of rotatable bonds is 7. The van der Waals surface area contributed by atoms with E-state index in [1.54, 1.807) is 0 Å². The Morgan fingerprint density at radius 2 is 1.81 bits per heavy atom. The van der Waals surface area contributed by atoms with Crippen LogP contribution in [0.1, 0.15) is 85.5 Å². The normalized spacial score (nSPS) is 45.1. The van der Waals surface area contributed by atoms with Crippen LogP contribution in [0.3, 0.4) is 0 Å². The maximum Gasteiger partial charge on any atom is 0.305 e. The Bertz CT molecular complexity index is 763. The second-order valence-corrected chi connectivity index (χ2v) is 10.8. The molecule has 1 saturated heterocycles. The summed E-state index contributed by atoms with van der Waals surface area (Å²) in [6.45, 7) is 8.02. The minimum absolute atomic E-state index is 0.0155.